The Balaban J connectivity index is 0.000000178. The van der Waals surface area contributed by atoms with Gasteiger partial charge in [-0.3, -0.25) is 19.2 Å². The van der Waals surface area contributed by atoms with E-state index in [0.29, 0.717) is 22.3 Å². The molecule has 0 aliphatic heterocycles. The molecule has 0 heterocycles. The number of hydrogen-bond donors (Lipinski definition) is 1. The van der Waals surface area contributed by atoms with Crippen LogP contribution in [0, 0.1) is 5.16 Å². The molecule has 0 aliphatic rings. The molecule has 7 heteroatoms. The number of ketones is 4. The Hall–Kier alpha value is -6.26. The molecule has 7 rings (SSSR count). The highest BCUT2D eigenvalue weighted by molar-refractivity contribution is 7.86. The number of Topliss-reactive ketones (excluding diaryl/α,β-unsaturated/α-hetero) is 4. The average molecular weight is 734 g/mol. The summed E-state index contributed by atoms with van der Waals surface area (Å²) in [6.45, 7) is 0. The van der Waals surface area contributed by atoms with Gasteiger partial charge in [0.05, 0.1) is 7.05 Å². The number of carbonyl (C=O) groups is 4. The van der Waals surface area contributed by atoms with Crippen molar-refractivity contribution in [1.82, 2.24) is 0 Å². The molecule has 0 amide bonds. The highest BCUT2D eigenvalue weighted by Gasteiger charge is 2.24. The number of nitrogens with one attached hydrogen (secondary N) is 1. The third kappa shape index (κ3) is 10.4. The number of rotatable bonds is 9. The van der Waals surface area contributed by atoms with Gasteiger partial charge in [-0.25, -0.2) is 0 Å². The van der Waals surface area contributed by atoms with Gasteiger partial charge in [0.15, 0.2) is 0 Å². The van der Waals surface area contributed by atoms with Gasteiger partial charge in [-0.05, 0) is 15.9 Å². The number of carbonyl (C=O) groups excluding carboxylic acids is 4. The molecule has 0 bridgehead atoms. The van der Waals surface area contributed by atoms with Crippen LogP contribution in [0.2, 0.25) is 0 Å². The Bertz CT molecular complexity index is 1950. The summed E-state index contributed by atoms with van der Waals surface area (Å²) in [4.78, 5) is 47.2. The van der Waals surface area contributed by atoms with Crippen LogP contribution in [0.1, 0.15) is 41.4 Å². The largest absolute Gasteiger partial charge is 0.305 e. The van der Waals surface area contributed by atoms with Crippen molar-refractivity contribution in [2.24, 2.45) is 0 Å². The van der Waals surface area contributed by atoms with Crippen molar-refractivity contribution in [1.29, 1.82) is 5.16 Å². The summed E-state index contributed by atoms with van der Waals surface area (Å²) in [6.07, 6.45) is 0. The van der Waals surface area contributed by atoms with E-state index in [-0.39, 0.29) is 12.4 Å². The Labute approximate surface area is 316 Å². The Kier molecular flexibility index (Phi) is 14.9. The van der Waals surface area contributed by atoms with Crippen molar-refractivity contribution in [2.75, 3.05) is 0 Å². The van der Waals surface area contributed by atoms with E-state index >= 15 is 0 Å². The van der Waals surface area contributed by atoms with Gasteiger partial charge in [0, 0.05) is 22.3 Å². The van der Waals surface area contributed by atoms with Crippen LogP contribution in [0.15, 0.2) is 212 Å². The van der Waals surface area contributed by atoms with Gasteiger partial charge in [0.2, 0.25) is 23.1 Å². The second kappa shape index (κ2) is 20.0. The molecular formula is C46H37ClNO4P. The van der Waals surface area contributed by atoms with E-state index in [1.165, 1.54) is 0 Å². The summed E-state index contributed by atoms with van der Waals surface area (Å²) in [5, 5.41) is 12.5. The summed E-state index contributed by atoms with van der Waals surface area (Å²) in [5.74, 6) is -1.86. The van der Waals surface area contributed by atoms with Crippen LogP contribution >= 0.6 is 19.5 Å². The quantitative estimate of drug-likeness (QED) is 0.0909. The zero-order valence-electron chi connectivity index (χ0n) is 28.7. The van der Waals surface area contributed by atoms with Gasteiger partial charge in [-0.15, -0.1) is 12.4 Å². The third-order valence-corrected chi connectivity index (χ3v) is 11.2. The molecule has 0 spiro atoms. The third-order valence-electron chi connectivity index (χ3n) is 7.99. The van der Waals surface area contributed by atoms with E-state index in [4.69, 9.17) is 0 Å². The number of hydrogen-bond acceptors (Lipinski definition) is 5. The van der Waals surface area contributed by atoms with Crippen molar-refractivity contribution in [2.45, 2.75) is 0 Å². The first-order valence-corrected chi connectivity index (χ1v) is 18.4. The SMILES string of the molecule is Cl.N=P(c1ccccc1)(c1ccccc1)c1ccccc1.O=C(C(=O)c1ccccc1)c1ccccc1.O=C(C(=O)c1ccccc1)c1ccccc1. The molecule has 0 saturated carbocycles. The minimum atomic E-state index is -2.28. The first-order chi connectivity index (χ1) is 25.4. The molecule has 0 unspecified atom stereocenters. The molecule has 7 aromatic carbocycles. The molecule has 0 radical (unpaired) electrons. The first kappa shape index (κ1) is 39.5. The molecule has 0 fully saturated rings. The van der Waals surface area contributed by atoms with Crippen molar-refractivity contribution < 1.29 is 19.2 Å². The van der Waals surface area contributed by atoms with E-state index in [1.54, 1.807) is 97.1 Å². The highest BCUT2D eigenvalue weighted by atomic mass is 35.5. The van der Waals surface area contributed by atoms with E-state index in [1.807, 2.05) is 78.9 Å². The lowest BCUT2D eigenvalue weighted by molar-refractivity contribution is 0.0817. The van der Waals surface area contributed by atoms with Gasteiger partial charge in [0.1, 0.15) is 0 Å². The lowest BCUT2D eigenvalue weighted by Gasteiger charge is -2.24. The van der Waals surface area contributed by atoms with E-state index in [0.717, 1.165) is 15.9 Å². The monoisotopic (exact) mass is 733 g/mol. The van der Waals surface area contributed by atoms with Crippen molar-refractivity contribution in [3.63, 3.8) is 0 Å². The lowest BCUT2D eigenvalue weighted by atomic mass is 10.0. The number of halogens is 1. The van der Waals surface area contributed by atoms with Crippen LogP contribution in [0.3, 0.4) is 0 Å². The van der Waals surface area contributed by atoms with Gasteiger partial charge >= 0.3 is 0 Å². The molecule has 0 aromatic heterocycles. The van der Waals surface area contributed by atoms with Crippen molar-refractivity contribution in [3.8, 4) is 0 Å². The van der Waals surface area contributed by atoms with Crippen LogP contribution in [-0.4, -0.2) is 23.1 Å². The fourth-order valence-corrected chi connectivity index (χ4v) is 8.04. The second-order valence-corrected chi connectivity index (χ2v) is 14.3. The Morgan fingerprint density at radius 1 is 0.283 bits per heavy atom. The van der Waals surface area contributed by atoms with Crippen molar-refractivity contribution >= 4 is 58.5 Å². The smallest absolute Gasteiger partial charge is 0.233 e. The zero-order chi connectivity index (χ0) is 36.6. The van der Waals surface area contributed by atoms with Gasteiger partial charge in [-0.1, -0.05) is 212 Å². The zero-order valence-corrected chi connectivity index (χ0v) is 30.4. The Morgan fingerprint density at radius 3 is 0.604 bits per heavy atom. The molecule has 0 saturated heterocycles. The highest BCUT2D eigenvalue weighted by Crippen LogP contribution is 2.42. The fraction of sp³-hybridized carbons (Fsp3) is 0. The summed E-state index contributed by atoms with van der Waals surface area (Å²) >= 11 is 0. The van der Waals surface area contributed by atoms with Crippen LogP contribution in [0.5, 0.6) is 0 Å². The van der Waals surface area contributed by atoms with E-state index < -0.39 is 30.2 Å². The Morgan fingerprint density at radius 2 is 0.434 bits per heavy atom. The topological polar surface area (TPSA) is 92.1 Å². The maximum Gasteiger partial charge on any atom is 0.233 e. The van der Waals surface area contributed by atoms with Gasteiger partial charge in [-0.2, -0.15) is 0 Å². The molecule has 53 heavy (non-hydrogen) atoms. The standard InChI is InChI=1S/C18H16NP.2C14H10O2.ClH/c19-20(16-10-4-1-5-11-16,17-12-6-2-7-13-17)18-14-8-3-9-15-18;2*15-13(11-7-3-1-4-8-11)14(16)12-9-5-2-6-10-12;/h1-15,19H;2*1-10H;1H. The molecule has 262 valence electrons. The maximum absolute atomic E-state index is 11.8. The molecule has 7 aromatic rings. The van der Waals surface area contributed by atoms with Gasteiger partial charge in [0.25, 0.3) is 0 Å². The molecule has 0 aliphatic carbocycles. The summed E-state index contributed by atoms with van der Waals surface area (Å²) < 4.78 is 0. The fourth-order valence-electron chi connectivity index (χ4n) is 5.28. The molecular weight excluding hydrogens is 697 g/mol. The predicted molar refractivity (Wildman–Crippen MR) is 218 cm³/mol. The van der Waals surface area contributed by atoms with E-state index in [9.17, 15) is 24.3 Å². The van der Waals surface area contributed by atoms with Crippen molar-refractivity contribution in [3.05, 3.63) is 235 Å². The summed E-state index contributed by atoms with van der Waals surface area (Å²) in [7, 11) is -2.28. The maximum atomic E-state index is 11.8. The minimum Gasteiger partial charge on any atom is -0.305 e. The normalized spacial score (nSPS) is 10.1. The lowest BCUT2D eigenvalue weighted by Crippen LogP contribution is -2.24. The minimum absolute atomic E-state index is 0. The summed E-state index contributed by atoms with van der Waals surface area (Å²) in [5.41, 5.74) is 1.71. The van der Waals surface area contributed by atoms with Crippen LogP contribution < -0.4 is 15.9 Å². The summed E-state index contributed by atoms with van der Waals surface area (Å²) in [6, 6.07) is 64.8. The molecule has 1 N–H and O–H groups in total. The average Bonchev–Trinajstić information content (AvgIpc) is 3.25. The van der Waals surface area contributed by atoms with Crippen LogP contribution in [0.4, 0.5) is 0 Å². The second-order valence-electron chi connectivity index (χ2n) is 11.5. The predicted octanol–water partition coefficient (Wildman–Crippen LogP) is 9.67. The molecule has 0 atom stereocenters. The van der Waals surface area contributed by atoms with Gasteiger partial charge < -0.3 is 5.16 Å². The molecule has 5 nitrogen and oxygen atoms in total. The first-order valence-electron chi connectivity index (χ1n) is 16.6. The van der Waals surface area contributed by atoms with Crippen LogP contribution in [0.25, 0.3) is 0 Å². The van der Waals surface area contributed by atoms with E-state index in [2.05, 4.69) is 36.4 Å². The van der Waals surface area contributed by atoms with Crippen LogP contribution in [-0.2, 0) is 0 Å². The number of benzene rings is 7.